The number of thiazole rings is 1. The monoisotopic (exact) mass is 482 g/mol. The molecule has 0 saturated heterocycles. The van der Waals surface area contributed by atoms with Crippen molar-refractivity contribution in [2.75, 3.05) is 0 Å². The summed E-state index contributed by atoms with van der Waals surface area (Å²) in [5.41, 5.74) is 0.409. The number of carboxylic acid groups (broad SMARTS) is 1. The van der Waals surface area contributed by atoms with Crippen LogP contribution < -0.4 is 5.32 Å². The second-order valence-corrected chi connectivity index (χ2v) is 8.37. The minimum Gasteiger partial charge on any atom is -0.481 e. The molecule has 0 aliphatic carbocycles. The maximum absolute atomic E-state index is 13.0. The SMILES string of the molecule is O=C(O)C[C@@H](Cc1ccccc1)C(=O)NCc1nc(-c2cc(C(F)(F)F)ccc2Cl)cs1. The quantitative estimate of drug-likeness (QED) is 0.448. The molecule has 3 rings (SSSR count). The number of nitrogens with one attached hydrogen (secondary N) is 1. The molecule has 1 atom stereocenters. The third-order valence-electron chi connectivity index (χ3n) is 4.65. The van der Waals surface area contributed by atoms with E-state index in [0.717, 1.165) is 29.0 Å². The van der Waals surface area contributed by atoms with E-state index in [1.54, 1.807) is 17.5 Å². The van der Waals surface area contributed by atoms with Crippen molar-refractivity contribution in [2.45, 2.75) is 25.6 Å². The molecule has 0 aliphatic rings. The Kier molecular flexibility index (Phi) is 7.52. The van der Waals surface area contributed by atoms with Gasteiger partial charge < -0.3 is 10.4 Å². The number of aliphatic carboxylic acids is 1. The average molecular weight is 483 g/mol. The summed E-state index contributed by atoms with van der Waals surface area (Å²) < 4.78 is 39.0. The lowest BCUT2D eigenvalue weighted by Gasteiger charge is -2.14. The van der Waals surface area contributed by atoms with Crippen LogP contribution in [0.2, 0.25) is 5.02 Å². The number of hydrogen-bond acceptors (Lipinski definition) is 4. The summed E-state index contributed by atoms with van der Waals surface area (Å²) in [4.78, 5) is 28.1. The molecule has 2 aromatic carbocycles. The van der Waals surface area contributed by atoms with Crippen molar-refractivity contribution in [1.29, 1.82) is 0 Å². The third kappa shape index (κ3) is 6.30. The Balaban J connectivity index is 1.70. The van der Waals surface area contributed by atoms with Gasteiger partial charge >= 0.3 is 12.1 Å². The topological polar surface area (TPSA) is 79.3 Å². The summed E-state index contributed by atoms with van der Waals surface area (Å²) in [6.45, 7) is 0.0188. The highest BCUT2D eigenvalue weighted by Crippen LogP contribution is 2.36. The Hall–Kier alpha value is -2.91. The largest absolute Gasteiger partial charge is 0.481 e. The number of alkyl halides is 3. The fourth-order valence-corrected chi connectivity index (χ4v) is 4.04. The molecule has 168 valence electrons. The highest BCUT2D eigenvalue weighted by Gasteiger charge is 2.31. The van der Waals surface area contributed by atoms with Gasteiger partial charge in [-0.1, -0.05) is 41.9 Å². The van der Waals surface area contributed by atoms with Crippen LogP contribution >= 0.6 is 22.9 Å². The van der Waals surface area contributed by atoms with Crippen LogP contribution in [-0.4, -0.2) is 22.0 Å². The lowest BCUT2D eigenvalue weighted by molar-refractivity contribution is -0.141. The second-order valence-electron chi connectivity index (χ2n) is 7.02. The van der Waals surface area contributed by atoms with E-state index < -0.39 is 29.5 Å². The van der Waals surface area contributed by atoms with Gasteiger partial charge in [0.25, 0.3) is 0 Å². The second kappa shape index (κ2) is 10.1. The number of halogens is 4. The molecule has 1 aromatic heterocycles. The molecule has 5 nitrogen and oxygen atoms in total. The average Bonchev–Trinajstić information content (AvgIpc) is 3.20. The number of nitrogens with zero attached hydrogens (tertiary/aromatic N) is 1. The summed E-state index contributed by atoms with van der Waals surface area (Å²) in [7, 11) is 0. The molecular formula is C22H18ClF3N2O3S. The van der Waals surface area contributed by atoms with E-state index in [0.29, 0.717) is 5.01 Å². The zero-order chi connectivity index (χ0) is 23.3. The van der Waals surface area contributed by atoms with Gasteiger partial charge in [0.2, 0.25) is 5.91 Å². The first-order valence-electron chi connectivity index (χ1n) is 9.48. The number of aromatic nitrogens is 1. The van der Waals surface area contributed by atoms with Crippen LogP contribution in [0, 0.1) is 5.92 Å². The van der Waals surface area contributed by atoms with E-state index in [1.807, 2.05) is 18.2 Å². The fourth-order valence-electron chi connectivity index (χ4n) is 3.09. The summed E-state index contributed by atoms with van der Waals surface area (Å²) in [5.74, 6) is -2.30. The summed E-state index contributed by atoms with van der Waals surface area (Å²) >= 11 is 7.21. The number of hydrogen-bond donors (Lipinski definition) is 2. The zero-order valence-electron chi connectivity index (χ0n) is 16.5. The van der Waals surface area contributed by atoms with Crippen molar-refractivity contribution < 1.29 is 27.9 Å². The van der Waals surface area contributed by atoms with Gasteiger partial charge in [-0.2, -0.15) is 13.2 Å². The van der Waals surface area contributed by atoms with Crippen LogP contribution in [0.15, 0.2) is 53.9 Å². The molecular weight excluding hydrogens is 465 g/mol. The first-order chi connectivity index (χ1) is 15.1. The van der Waals surface area contributed by atoms with Gasteiger partial charge in [-0.05, 0) is 30.2 Å². The van der Waals surface area contributed by atoms with E-state index in [4.69, 9.17) is 16.7 Å². The molecule has 1 amide bonds. The lowest BCUT2D eigenvalue weighted by Crippen LogP contribution is -2.33. The minimum atomic E-state index is -4.51. The lowest BCUT2D eigenvalue weighted by atomic mass is 9.95. The Bertz CT molecular complexity index is 1100. The minimum absolute atomic E-state index is 0.0188. The highest BCUT2D eigenvalue weighted by molar-refractivity contribution is 7.09. The van der Waals surface area contributed by atoms with E-state index in [9.17, 15) is 22.8 Å². The van der Waals surface area contributed by atoms with E-state index >= 15 is 0 Å². The molecule has 1 heterocycles. The number of amides is 1. The van der Waals surface area contributed by atoms with Gasteiger partial charge in [0, 0.05) is 10.9 Å². The van der Waals surface area contributed by atoms with Gasteiger partial charge in [-0.15, -0.1) is 11.3 Å². The third-order valence-corrected chi connectivity index (χ3v) is 5.83. The molecule has 0 unspecified atom stereocenters. The maximum Gasteiger partial charge on any atom is 0.416 e. The molecule has 10 heteroatoms. The van der Waals surface area contributed by atoms with Gasteiger partial charge in [0.1, 0.15) is 5.01 Å². The number of carbonyl (C=O) groups excluding carboxylic acids is 1. The van der Waals surface area contributed by atoms with Crippen molar-refractivity contribution in [3.05, 3.63) is 75.1 Å². The molecule has 0 radical (unpaired) electrons. The van der Waals surface area contributed by atoms with Gasteiger partial charge in [-0.3, -0.25) is 9.59 Å². The number of benzene rings is 2. The highest BCUT2D eigenvalue weighted by atomic mass is 35.5. The van der Waals surface area contributed by atoms with Gasteiger partial charge in [0.15, 0.2) is 0 Å². The smallest absolute Gasteiger partial charge is 0.416 e. The van der Waals surface area contributed by atoms with Gasteiger partial charge in [-0.25, -0.2) is 4.98 Å². The first-order valence-corrected chi connectivity index (χ1v) is 10.7. The van der Waals surface area contributed by atoms with E-state index in [1.165, 1.54) is 6.07 Å². The molecule has 0 fully saturated rings. The number of carboxylic acids is 1. The predicted molar refractivity (Wildman–Crippen MR) is 115 cm³/mol. The van der Waals surface area contributed by atoms with Crippen LogP contribution in [-0.2, 0) is 28.7 Å². The summed E-state index contributed by atoms with van der Waals surface area (Å²) in [6, 6.07) is 12.1. The molecule has 0 saturated carbocycles. The van der Waals surface area contributed by atoms with Crippen LogP contribution in [0.3, 0.4) is 0 Å². The van der Waals surface area contributed by atoms with Crippen LogP contribution in [0.25, 0.3) is 11.3 Å². The predicted octanol–water partition coefficient (Wildman–Crippen LogP) is 5.43. The van der Waals surface area contributed by atoms with E-state index in [-0.39, 0.29) is 35.7 Å². The Morgan fingerprint density at radius 3 is 2.53 bits per heavy atom. The van der Waals surface area contributed by atoms with Crippen LogP contribution in [0.1, 0.15) is 22.6 Å². The molecule has 0 spiro atoms. The molecule has 0 bridgehead atoms. The van der Waals surface area contributed by atoms with Crippen molar-refractivity contribution in [2.24, 2.45) is 5.92 Å². The molecule has 3 aromatic rings. The zero-order valence-corrected chi connectivity index (χ0v) is 18.1. The Morgan fingerprint density at radius 2 is 1.88 bits per heavy atom. The maximum atomic E-state index is 13.0. The first kappa shape index (κ1) is 23.7. The molecule has 32 heavy (non-hydrogen) atoms. The van der Waals surface area contributed by atoms with Crippen molar-refractivity contribution in [3.8, 4) is 11.3 Å². The molecule has 0 aliphatic heterocycles. The van der Waals surface area contributed by atoms with Gasteiger partial charge in [0.05, 0.1) is 35.2 Å². The normalized spacial score (nSPS) is 12.4. The summed E-state index contributed by atoms with van der Waals surface area (Å²) in [6.07, 6.45) is -4.57. The Morgan fingerprint density at radius 1 is 1.16 bits per heavy atom. The fraction of sp³-hybridized carbons (Fsp3) is 0.227. The van der Waals surface area contributed by atoms with E-state index in [2.05, 4.69) is 10.3 Å². The Labute approximate surface area is 190 Å². The standard InChI is InChI=1S/C22H18ClF3N2O3S/c23-17-7-6-15(22(24,25)26)10-16(17)18-12-32-19(28-18)11-27-21(31)14(9-20(29)30)8-13-4-2-1-3-5-13/h1-7,10,12,14H,8-9,11H2,(H,27,31)(H,29,30)/t14-/m1/s1. The van der Waals surface area contributed by atoms with Crippen LogP contribution in [0.5, 0.6) is 0 Å². The van der Waals surface area contributed by atoms with Crippen molar-refractivity contribution >= 4 is 34.8 Å². The van der Waals surface area contributed by atoms with Crippen LogP contribution in [0.4, 0.5) is 13.2 Å². The van der Waals surface area contributed by atoms with Crippen molar-refractivity contribution in [3.63, 3.8) is 0 Å². The number of rotatable bonds is 8. The van der Waals surface area contributed by atoms with Crippen molar-refractivity contribution in [1.82, 2.24) is 10.3 Å². The number of carbonyl (C=O) groups is 2. The summed E-state index contributed by atoms with van der Waals surface area (Å²) in [5, 5.41) is 14.0. The molecule has 2 N–H and O–H groups in total.